The Morgan fingerprint density at radius 2 is 1.42 bits per heavy atom. The van der Waals surface area contributed by atoms with Crippen molar-refractivity contribution in [3.63, 3.8) is 0 Å². The number of nitrogens with zero attached hydrogens (tertiary/aromatic N) is 1. The molecule has 1 unspecified atom stereocenters. The lowest BCUT2D eigenvalue weighted by Gasteiger charge is -2.19. The fourth-order valence-corrected chi connectivity index (χ4v) is 7.14. The van der Waals surface area contributed by atoms with Gasteiger partial charge in [0, 0.05) is 5.69 Å². The van der Waals surface area contributed by atoms with E-state index in [1.54, 1.807) is 62.5 Å². The quantitative estimate of drug-likeness (QED) is 0.151. The van der Waals surface area contributed by atoms with Crippen molar-refractivity contribution in [1.29, 1.82) is 0 Å². The maximum Gasteiger partial charge on any atom is 0.462 e. The van der Waals surface area contributed by atoms with E-state index < -0.39 is 44.2 Å². The molecule has 1 aromatic heterocycles. The molecule has 3 aromatic carbocycles. The summed E-state index contributed by atoms with van der Waals surface area (Å²) in [5.74, 6) is -0.997. The Bertz CT molecular complexity index is 1720. The topological polar surface area (TPSA) is 114 Å². The highest BCUT2D eigenvalue weighted by molar-refractivity contribution is 7.89. The smallest absolute Gasteiger partial charge is 0.462 e. The molecule has 13 heteroatoms. The Morgan fingerprint density at radius 1 is 0.884 bits per heavy atom. The minimum absolute atomic E-state index is 0.0129. The van der Waals surface area contributed by atoms with Crippen molar-refractivity contribution >= 4 is 37.4 Å². The highest BCUT2D eigenvalue weighted by Crippen LogP contribution is 2.37. The lowest BCUT2D eigenvalue weighted by Crippen LogP contribution is -2.44. The molecule has 43 heavy (non-hydrogen) atoms. The minimum Gasteiger partial charge on any atom is -0.468 e. The van der Waals surface area contributed by atoms with E-state index in [0.717, 1.165) is 23.3 Å². The third-order valence-corrected chi connectivity index (χ3v) is 9.75. The number of methoxy groups -OCH3 is 1. The highest BCUT2D eigenvalue weighted by Gasteiger charge is 2.32. The van der Waals surface area contributed by atoms with Gasteiger partial charge >= 0.3 is 17.4 Å². The van der Waals surface area contributed by atoms with Gasteiger partial charge in [-0.15, -0.1) is 0 Å². The molecule has 1 heterocycles. The fraction of sp³-hybridized carbons (Fsp3) is 0.233. The van der Waals surface area contributed by atoms with Gasteiger partial charge in [-0.1, -0.05) is 38.1 Å². The number of aromatic nitrogens is 1. The molecule has 8 nitrogen and oxygen atoms in total. The maximum atomic E-state index is 13.1. The van der Waals surface area contributed by atoms with Crippen LogP contribution in [-0.2, 0) is 25.7 Å². The van der Waals surface area contributed by atoms with Gasteiger partial charge in [-0.2, -0.15) is 22.9 Å². The average molecular weight is 633 g/mol. The largest absolute Gasteiger partial charge is 0.468 e. The van der Waals surface area contributed by atoms with Crippen LogP contribution in [0, 0.1) is 12.8 Å². The van der Waals surface area contributed by atoms with E-state index in [9.17, 15) is 31.2 Å². The highest BCUT2D eigenvalue weighted by atomic mass is 32.2. The molecule has 0 saturated carbocycles. The maximum absolute atomic E-state index is 13.1. The molecule has 0 aliphatic carbocycles. The van der Waals surface area contributed by atoms with Gasteiger partial charge in [0.1, 0.15) is 16.5 Å². The van der Waals surface area contributed by atoms with Crippen LogP contribution < -0.4 is 10.0 Å². The Morgan fingerprint density at radius 3 is 1.93 bits per heavy atom. The zero-order valence-electron chi connectivity index (χ0n) is 23.6. The first-order valence-electron chi connectivity index (χ1n) is 13.0. The molecule has 0 aliphatic rings. The van der Waals surface area contributed by atoms with E-state index in [4.69, 9.17) is 4.74 Å². The predicted molar refractivity (Wildman–Crippen MR) is 159 cm³/mol. The lowest BCUT2D eigenvalue weighted by molar-refractivity contribution is -0.143. The van der Waals surface area contributed by atoms with E-state index >= 15 is 0 Å². The number of esters is 1. The second kappa shape index (κ2) is 12.7. The minimum atomic E-state index is -4.46. The molecule has 2 atom stereocenters. The van der Waals surface area contributed by atoms with Crippen LogP contribution in [0.5, 0.6) is 0 Å². The number of ether oxygens (including phenoxy) is 1. The van der Waals surface area contributed by atoms with E-state index in [1.165, 1.54) is 31.4 Å². The van der Waals surface area contributed by atoms with Gasteiger partial charge in [0.15, 0.2) is 5.38 Å². The Hall–Kier alpha value is -4.07. The predicted octanol–water partition coefficient (Wildman–Crippen LogP) is 7.05. The van der Waals surface area contributed by atoms with Crippen molar-refractivity contribution in [2.45, 2.75) is 37.9 Å². The van der Waals surface area contributed by atoms with Crippen molar-refractivity contribution in [3.05, 3.63) is 89.4 Å². The number of aryl methyl sites for hydroxylation is 1. The van der Waals surface area contributed by atoms with Crippen molar-refractivity contribution in [1.82, 2.24) is 9.71 Å². The van der Waals surface area contributed by atoms with Crippen molar-refractivity contribution in [2.75, 3.05) is 12.4 Å². The van der Waals surface area contributed by atoms with Gasteiger partial charge in [0.25, 0.3) is 5.01 Å². The molecule has 4 rings (SSSR count). The third kappa shape index (κ3) is 7.48. The number of benzene rings is 3. The summed E-state index contributed by atoms with van der Waals surface area (Å²) in [4.78, 5) is 29.5. The number of thiazole rings is 1. The van der Waals surface area contributed by atoms with Gasteiger partial charge in [0.05, 0.1) is 28.8 Å². The summed E-state index contributed by atoms with van der Waals surface area (Å²) >= 11 is 0. The zero-order chi connectivity index (χ0) is 31.5. The number of carbonyl (C=O) groups excluding carboxylic acids is 2. The average Bonchev–Trinajstić information content (AvgIpc) is 3.37. The Kier molecular flexibility index (Phi) is 9.38. The third-order valence-electron chi connectivity index (χ3n) is 6.47. The van der Waals surface area contributed by atoms with E-state index in [0.29, 0.717) is 22.0 Å². The van der Waals surface area contributed by atoms with E-state index in [-0.39, 0.29) is 16.1 Å². The number of hydrogen-bond acceptors (Lipinski definition) is 6. The second-order valence-electron chi connectivity index (χ2n) is 9.97. The Labute approximate surface area is 250 Å². The SMILES string of the molecule is COC(=O)[C@@H](NS(=O)(=O)c1ccc(-c2ccc(NC(=O)[s+]3cc(C)nc3-c3ccc(C(F)(F)F)cc3)cc2)cc1)C(C)C. The molecule has 0 saturated heterocycles. The monoisotopic (exact) mass is 632 g/mol. The van der Waals surface area contributed by atoms with Crippen LogP contribution in [0.3, 0.4) is 0 Å². The number of carbonyl (C=O) groups is 2. The van der Waals surface area contributed by atoms with Crippen LogP contribution in [0.4, 0.5) is 23.7 Å². The van der Waals surface area contributed by atoms with Gasteiger partial charge in [-0.3, -0.25) is 10.1 Å². The fourth-order valence-electron chi connectivity index (χ4n) is 4.16. The van der Waals surface area contributed by atoms with Crippen LogP contribution in [-0.4, -0.2) is 37.8 Å². The molecule has 1 amide bonds. The van der Waals surface area contributed by atoms with Gasteiger partial charge in [-0.25, -0.2) is 13.2 Å². The summed E-state index contributed by atoms with van der Waals surface area (Å²) in [6, 6.07) is 16.5. The zero-order valence-corrected chi connectivity index (χ0v) is 25.2. The molecule has 0 fully saturated rings. The normalized spacial score (nSPS) is 13.1. The van der Waals surface area contributed by atoms with Crippen LogP contribution >= 0.6 is 10.5 Å². The van der Waals surface area contributed by atoms with Crippen LogP contribution in [0.2, 0.25) is 0 Å². The summed E-state index contributed by atoms with van der Waals surface area (Å²) in [6.07, 6.45) is -4.46. The summed E-state index contributed by atoms with van der Waals surface area (Å²) in [5, 5.41) is 4.53. The molecular formula is C30H29F3N3O5S2+. The number of sulfonamides is 1. The lowest BCUT2D eigenvalue weighted by atomic mass is 10.1. The first-order chi connectivity index (χ1) is 20.2. The van der Waals surface area contributed by atoms with Crippen molar-refractivity contribution in [3.8, 4) is 21.7 Å². The number of halogens is 3. The Balaban J connectivity index is 1.47. The van der Waals surface area contributed by atoms with E-state index in [1.807, 2.05) is 0 Å². The molecular weight excluding hydrogens is 603 g/mol. The molecule has 0 spiro atoms. The summed E-state index contributed by atoms with van der Waals surface area (Å²) in [5.41, 5.74) is 2.22. The number of hydrogen-bond donors (Lipinski definition) is 2. The van der Waals surface area contributed by atoms with E-state index in [2.05, 4.69) is 15.0 Å². The molecule has 0 radical (unpaired) electrons. The summed E-state index contributed by atoms with van der Waals surface area (Å²) < 4.78 is 71.7. The second-order valence-corrected chi connectivity index (χ2v) is 13.4. The first kappa shape index (κ1) is 31.9. The standard InChI is InChI=1S/C30H28F3N3O5S2/c1-18(2)26(28(37)41-4)36-43(39,40)25-15-9-21(10-16-25)20-7-13-24(14-8-20)35-29(38)42-17-19(3)34-27(42)22-5-11-23(12-6-22)30(31,32)33/h5-18,26,36H,1-4H3/p+1/t26-,42?/m0/s1. The molecule has 2 N–H and O–H groups in total. The molecule has 0 aliphatic heterocycles. The van der Waals surface area contributed by atoms with Crippen LogP contribution in [0.25, 0.3) is 21.7 Å². The van der Waals surface area contributed by atoms with Gasteiger partial charge < -0.3 is 4.74 Å². The number of nitrogens with one attached hydrogen (secondary N) is 2. The summed E-state index contributed by atoms with van der Waals surface area (Å²) in [6.45, 7) is 5.13. The first-order valence-corrected chi connectivity index (χ1v) is 15.8. The van der Waals surface area contributed by atoms with Crippen LogP contribution in [0.15, 0.2) is 83.1 Å². The van der Waals surface area contributed by atoms with Crippen molar-refractivity contribution in [2.24, 2.45) is 5.92 Å². The number of rotatable bonds is 9. The van der Waals surface area contributed by atoms with Crippen LogP contribution in [0.1, 0.15) is 25.1 Å². The van der Waals surface area contributed by atoms with Gasteiger partial charge in [0.2, 0.25) is 10.0 Å². The summed E-state index contributed by atoms with van der Waals surface area (Å²) in [7, 11) is -3.91. The number of alkyl halides is 3. The number of anilines is 1. The molecule has 0 bridgehead atoms. The number of amides is 1. The van der Waals surface area contributed by atoms with Gasteiger partial charge in [-0.05, 0) is 72.5 Å². The molecule has 226 valence electrons. The molecule has 4 aromatic rings. The van der Waals surface area contributed by atoms with Crippen molar-refractivity contribution < 1.29 is 35.9 Å².